The lowest BCUT2D eigenvalue weighted by atomic mass is 10.1. The Morgan fingerprint density at radius 2 is 0.957 bits per heavy atom. The maximum Gasteiger partial charge on any atom is 0.0623 e. The van der Waals surface area contributed by atoms with Crippen molar-refractivity contribution in [2.75, 3.05) is 0 Å². The first-order valence-corrected chi connectivity index (χ1v) is 10.8. The summed E-state index contributed by atoms with van der Waals surface area (Å²) in [4.78, 5) is 0. The molecule has 0 atom stereocenters. The Labute approximate surface area is 166 Å². The zero-order valence-electron chi connectivity index (χ0n) is 13.6. The summed E-state index contributed by atoms with van der Waals surface area (Å²) in [6.45, 7) is 2.13. The van der Waals surface area contributed by atoms with Gasteiger partial charge in [-0.05, 0) is 58.0 Å². The third-order valence-electron chi connectivity index (χ3n) is 3.98. The number of unbranched alkanes of at least 4 members (excludes halogenated alkanes) is 8. The minimum Gasteiger partial charge on any atom is -0.272 e. The highest BCUT2D eigenvalue weighted by atomic mass is 127. The van der Waals surface area contributed by atoms with Gasteiger partial charge in [-0.1, -0.05) is 44.9 Å². The second kappa shape index (κ2) is 11.4. The van der Waals surface area contributed by atoms with Gasteiger partial charge in [-0.15, -0.1) is 0 Å². The highest BCUT2D eigenvalue weighted by molar-refractivity contribution is 14.1. The zero-order valence-corrected chi connectivity index (χ0v) is 17.9. The number of aryl methyl sites for hydroxylation is 2. The Bertz CT molecular complexity index is 502. The van der Waals surface area contributed by atoms with Gasteiger partial charge in [0.1, 0.15) is 0 Å². The number of hydrogen-bond acceptors (Lipinski definition) is 2. The summed E-state index contributed by atoms with van der Waals surface area (Å²) < 4.78 is 6.57. The van der Waals surface area contributed by atoms with Gasteiger partial charge in [-0.25, -0.2) is 0 Å². The first kappa shape index (κ1) is 19.2. The van der Waals surface area contributed by atoms with Gasteiger partial charge in [0.05, 0.1) is 19.5 Å². The topological polar surface area (TPSA) is 35.6 Å². The van der Waals surface area contributed by atoms with Gasteiger partial charge in [-0.3, -0.25) is 9.36 Å². The van der Waals surface area contributed by atoms with E-state index in [-0.39, 0.29) is 0 Å². The third-order valence-corrected chi connectivity index (χ3v) is 5.09. The van der Waals surface area contributed by atoms with Gasteiger partial charge in [0.25, 0.3) is 0 Å². The first-order valence-electron chi connectivity index (χ1n) is 8.60. The molecule has 0 unspecified atom stereocenters. The van der Waals surface area contributed by atoms with Gasteiger partial charge < -0.3 is 0 Å². The molecule has 2 aromatic heterocycles. The molecule has 6 heteroatoms. The monoisotopic (exact) mass is 540 g/mol. The van der Waals surface area contributed by atoms with E-state index in [1.165, 1.54) is 64.9 Å². The standard InChI is InChI=1S/C17H26I2N4/c18-16-12-20-22(14-16)10-8-6-4-2-1-3-5-7-9-11-23-15-17(19)13-21-23/h12-15H,1-11H2. The molecule has 128 valence electrons. The molecule has 0 bridgehead atoms. The van der Waals surface area contributed by atoms with Crippen LogP contribution in [0.25, 0.3) is 0 Å². The van der Waals surface area contributed by atoms with Crippen LogP contribution in [0.5, 0.6) is 0 Å². The summed E-state index contributed by atoms with van der Waals surface area (Å²) in [6.07, 6.45) is 20.1. The van der Waals surface area contributed by atoms with Gasteiger partial charge >= 0.3 is 0 Å². The molecule has 0 N–H and O–H groups in total. The predicted octanol–water partition coefficient (Wildman–Crippen LogP) is 5.50. The van der Waals surface area contributed by atoms with E-state index in [1.807, 2.05) is 12.4 Å². The fourth-order valence-electron chi connectivity index (χ4n) is 2.71. The smallest absolute Gasteiger partial charge is 0.0623 e. The van der Waals surface area contributed by atoms with Crippen LogP contribution in [-0.2, 0) is 13.1 Å². The number of rotatable bonds is 12. The van der Waals surface area contributed by atoms with Crippen LogP contribution in [0.3, 0.4) is 0 Å². The molecule has 0 aromatic carbocycles. The number of aromatic nitrogens is 4. The van der Waals surface area contributed by atoms with Crippen LogP contribution in [0, 0.1) is 7.14 Å². The van der Waals surface area contributed by atoms with Crippen LogP contribution in [0.4, 0.5) is 0 Å². The van der Waals surface area contributed by atoms with Gasteiger partial charge in [-0.2, -0.15) is 10.2 Å². The van der Waals surface area contributed by atoms with E-state index in [0.717, 1.165) is 13.1 Å². The van der Waals surface area contributed by atoms with Crippen LogP contribution in [-0.4, -0.2) is 19.6 Å². The van der Waals surface area contributed by atoms with Crippen molar-refractivity contribution in [1.82, 2.24) is 19.6 Å². The Hall–Kier alpha value is -0.120. The maximum atomic E-state index is 4.32. The molecule has 0 aliphatic heterocycles. The molecule has 0 fully saturated rings. The molecular formula is C17H26I2N4. The lowest BCUT2D eigenvalue weighted by Gasteiger charge is -2.04. The maximum absolute atomic E-state index is 4.32. The van der Waals surface area contributed by atoms with Gasteiger partial charge in [0, 0.05) is 25.5 Å². The Morgan fingerprint density at radius 3 is 1.26 bits per heavy atom. The minimum atomic E-state index is 1.06. The van der Waals surface area contributed by atoms with Crippen molar-refractivity contribution in [1.29, 1.82) is 0 Å². The van der Waals surface area contributed by atoms with Crippen molar-refractivity contribution >= 4 is 45.2 Å². The second-order valence-electron chi connectivity index (χ2n) is 6.03. The molecule has 0 aliphatic carbocycles. The normalized spacial score (nSPS) is 11.2. The minimum absolute atomic E-state index is 1.06. The van der Waals surface area contributed by atoms with Crippen LogP contribution >= 0.6 is 45.2 Å². The predicted molar refractivity (Wildman–Crippen MR) is 111 cm³/mol. The van der Waals surface area contributed by atoms with Crippen LogP contribution in [0.15, 0.2) is 24.8 Å². The molecule has 0 saturated heterocycles. The van der Waals surface area contributed by atoms with E-state index in [4.69, 9.17) is 0 Å². The van der Waals surface area contributed by atoms with Crippen LogP contribution in [0.2, 0.25) is 0 Å². The highest BCUT2D eigenvalue weighted by Gasteiger charge is 1.97. The van der Waals surface area contributed by atoms with E-state index in [9.17, 15) is 0 Å². The lowest BCUT2D eigenvalue weighted by Crippen LogP contribution is -1.98. The fraction of sp³-hybridized carbons (Fsp3) is 0.647. The third kappa shape index (κ3) is 8.51. The van der Waals surface area contributed by atoms with Crippen molar-refractivity contribution in [3.05, 3.63) is 31.9 Å². The largest absolute Gasteiger partial charge is 0.272 e. The Balaban J connectivity index is 1.34. The van der Waals surface area contributed by atoms with Crippen molar-refractivity contribution < 1.29 is 0 Å². The highest BCUT2D eigenvalue weighted by Crippen LogP contribution is 2.11. The van der Waals surface area contributed by atoms with E-state index in [2.05, 4.69) is 77.1 Å². The zero-order chi connectivity index (χ0) is 16.3. The lowest BCUT2D eigenvalue weighted by molar-refractivity contribution is 0.502. The summed E-state index contributed by atoms with van der Waals surface area (Å²) in [5, 5.41) is 8.63. The summed E-state index contributed by atoms with van der Waals surface area (Å²) in [7, 11) is 0. The SMILES string of the molecule is Ic1cnn(CCCCCCCCCCCn2cc(I)cn2)c1. The molecule has 2 rings (SSSR count). The Kier molecular flexibility index (Phi) is 9.55. The molecule has 2 heterocycles. The molecule has 0 spiro atoms. The number of nitrogens with zero attached hydrogens (tertiary/aromatic N) is 4. The average molecular weight is 540 g/mol. The molecule has 23 heavy (non-hydrogen) atoms. The van der Waals surface area contributed by atoms with Gasteiger partial charge in [0.2, 0.25) is 0 Å². The van der Waals surface area contributed by atoms with Crippen molar-refractivity contribution in [3.63, 3.8) is 0 Å². The second-order valence-corrected chi connectivity index (χ2v) is 8.52. The van der Waals surface area contributed by atoms with E-state index in [0.29, 0.717) is 0 Å². The molecule has 0 amide bonds. The molecule has 4 nitrogen and oxygen atoms in total. The van der Waals surface area contributed by atoms with Crippen LogP contribution < -0.4 is 0 Å². The Morgan fingerprint density at radius 1 is 0.609 bits per heavy atom. The molecule has 0 aliphatic rings. The molecular weight excluding hydrogens is 514 g/mol. The van der Waals surface area contributed by atoms with Gasteiger partial charge in [0.15, 0.2) is 0 Å². The van der Waals surface area contributed by atoms with Crippen molar-refractivity contribution in [2.45, 2.75) is 70.9 Å². The number of hydrogen-bond donors (Lipinski definition) is 0. The van der Waals surface area contributed by atoms with E-state index < -0.39 is 0 Å². The van der Waals surface area contributed by atoms with Crippen molar-refractivity contribution in [3.8, 4) is 0 Å². The summed E-state index contributed by atoms with van der Waals surface area (Å²) in [5.74, 6) is 0. The van der Waals surface area contributed by atoms with Crippen LogP contribution in [0.1, 0.15) is 57.8 Å². The summed E-state index contributed by atoms with van der Waals surface area (Å²) in [5.41, 5.74) is 0. The average Bonchev–Trinajstić information content (AvgIpc) is 3.13. The summed E-state index contributed by atoms with van der Waals surface area (Å²) in [6, 6.07) is 0. The number of halogens is 2. The van der Waals surface area contributed by atoms with E-state index >= 15 is 0 Å². The first-order chi connectivity index (χ1) is 11.2. The molecule has 2 aromatic rings. The fourth-order valence-corrected chi connectivity index (χ4v) is 3.60. The molecule has 0 saturated carbocycles. The quantitative estimate of drug-likeness (QED) is 0.264. The van der Waals surface area contributed by atoms with Crippen molar-refractivity contribution in [2.24, 2.45) is 0 Å². The molecule has 0 radical (unpaired) electrons. The van der Waals surface area contributed by atoms with E-state index in [1.54, 1.807) is 0 Å². The summed E-state index contributed by atoms with van der Waals surface area (Å²) >= 11 is 4.62.